The number of aromatic nitrogens is 2. The van der Waals surface area contributed by atoms with Crippen molar-refractivity contribution in [2.75, 3.05) is 5.32 Å². The Kier molecular flexibility index (Phi) is 3.71. The molecule has 0 aliphatic carbocycles. The predicted octanol–water partition coefficient (Wildman–Crippen LogP) is 3.64. The lowest BCUT2D eigenvalue weighted by Gasteiger charge is -2.11. The summed E-state index contributed by atoms with van der Waals surface area (Å²) in [6, 6.07) is 3.17. The highest BCUT2D eigenvalue weighted by molar-refractivity contribution is 6.31. The van der Waals surface area contributed by atoms with Crippen molar-refractivity contribution in [3.05, 3.63) is 46.2 Å². The van der Waals surface area contributed by atoms with Gasteiger partial charge >= 0.3 is 6.18 Å². The van der Waals surface area contributed by atoms with E-state index < -0.39 is 22.7 Å². The summed E-state index contributed by atoms with van der Waals surface area (Å²) < 4.78 is 38.1. The van der Waals surface area contributed by atoms with Gasteiger partial charge in [-0.1, -0.05) is 11.6 Å². The number of carbonyl (C=O) groups is 1. The minimum absolute atomic E-state index is 0.00678. The largest absolute Gasteiger partial charge is 0.417 e. The van der Waals surface area contributed by atoms with Crippen molar-refractivity contribution in [3.8, 4) is 0 Å². The Hall–Kier alpha value is -2.02. The second-order valence-corrected chi connectivity index (χ2v) is 4.46. The number of aromatic amines is 1. The first-order valence-corrected chi connectivity index (χ1v) is 5.85. The molecule has 0 bridgehead atoms. The van der Waals surface area contributed by atoms with E-state index in [1.807, 2.05) is 0 Å². The third-order valence-corrected chi connectivity index (χ3v) is 2.93. The van der Waals surface area contributed by atoms with Crippen molar-refractivity contribution in [2.45, 2.75) is 13.1 Å². The van der Waals surface area contributed by atoms with Gasteiger partial charge in [0.05, 0.1) is 22.3 Å². The number of hydrogen-bond donors (Lipinski definition) is 2. The SMILES string of the molecule is Cc1[nH]ncc1C(=O)Nc1ccc(Cl)c(C(F)(F)F)c1. The van der Waals surface area contributed by atoms with Crippen molar-refractivity contribution in [3.63, 3.8) is 0 Å². The van der Waals surface area contributed by atoms with E-state index >= 15 is 0 Å². The maximum absolute atomic E-state index is 12.7. The predicted molar refractivity (Wildman–Crippen MR) is 67.7 cm³/mol. The number of H-pyrrole nitrogens is 1. The smallest absolute Gasteiger partial charge is 0.322 e. The van der Waals surface area contributed by atoms with Gasteiger partial charge in [0.1, 0.15) is 0 Å². The van der Waals surface area contributed by atoms with Crippen LogP contribution in [0.25, 0.3) is 0 Å². The third-order valence-electron chi connectivity index (χ3n) is 2.60. The standard InChI is InChI=1S/C12H9ClF3N3O/c1-6-8(5-17-19-6)11(20)18-7-2-3-10(13)9(4-7)12(14,15)16/h2-5H,1H3,(H,17,19)(H,18,20). The van der Waals surface area contributed by atoms with Crippen molar-refractivity contribution >= 4 is 23.2 Å². The quantitative estimate of drug-likeness (QED) is 0.890. The highest BCUT2D eigenvalue weighted by Gasteiger charge is 2.33. The second-order valence-electron chi connectivity index (χ2n) is 4.06. The van der Waals surface area contributed by atoms with Gasteiger partial charge in [-0.15, -0.1) is 0 Å². The van der Waals surface area contributed by atoms with Gasteiger partial charge in [-0.3, -0.25) is 9.89 Å². The van der Waals surface area contributed by atoms with Crippen LogP contribution < -0.4 is 5.32 Å². The monoisotopic (exact) mass is 303 g/mol. The average molecular weight is 304 g/mol. The Labute approximate surface area is 116 Å². The van der Waals surface area contributed by atoms with E-state index in [2.05, 4.69) is 15.5 Å². The fourth-order valence-electron chi connectivity index (χ4n) is 1.60. The summed E-state index contributed by atoms with van der Waals surface area (Å²) in [5, 5.41) is 8.18. The van der Waals surface area contributed by atoms with Crippen LogP contribution in [0.2, 0.25) is 5.02 Å². The van der Waals surface area contributed by atoms with Crippen LogP contribution in [0.3, 0.4) is 0 Å². The fourth-order valence-corrected chi connectivity index (χ4v) is 1.82. The molecule has 0 saturated carbocycles. The first kappa shape index (κ1) is 14.4. The molecule has 0 atom stereocenters. The van der Waals surface area contributed by atoms with Gasteiger partial charge in [0.2, 0.25) is 0 Å². The molecule has 20 heavy (non-hydrogen) atoms. The van der Waals surface area contributed by atoms with Gasteiger partial charge in [-0.2, -0.15) is 18.3 Å². The van der Waals surface area contributed by atoms with Gasteiger partial charge in [0.15, 0.2) is 0 Å². The number of alkyl halides is 3. The van der Waals surface area contributed by atoms with E-state index in [9.17, 15) is 18.0 Å². The molecule has 0 spiro atoms. The lowest BCUT2D eigenvalue weighted by molar-refractivity contribution is -0.137. The van der Waals surface area contributed by atoms with E-state index in [1.54, 1.807) is 6.92 Å². The van der Waals surface area contributed by atoms with Crippen LogP contribution in [-0.2, 0) is 6.18 Å². The Morgan fingerprint density at radius 1 is 1.40 bits per heavy atom. The van der Waals surface area contributed by atoms with Crippen LogP contribution in [0.15, 0.2) is 24.4 Å². The maximum atomic E-state index is 12.7. The highest BCUT2D eigenvalue weighted by atomic mass is 35.5. The summed E-state index contributed by atoms with van der Waals surface area (Å²) in [6.07, 6.45) is -3.28. The zero-order valence-electron chi connectivity index (χ0n) is 10.2. The molecule has 2 aromatic rings. The maximum Gasteiger partial charge on any atom is 0.417 e. The molecular weight excluding hydrogens is 295 g/mol. The van der Waals surface area contributed by atoms with Crippen molar-refractivity contribution in [1.29, 1.82) is 0 Å². The molecule has 0 radical (unpaired) electrons. The number of carbonyl (C=O) groups excluding carboxylic acids is 1. The van der Waals surface area contributed by atoms with Gasteiger partial charge in [0.25, 0.3) is 5.91 Å². The molecule has 1 heterocycles. The fraction of sp³-hybridized carbons (Fsp3) is 0.167. The summed E-state index contributed by atoms with van der Waals surface area (Å²) in [5.41, 5.74) is -0.214. The summed E-state index contributed by atoms with van der Waals surface area (Å²) in [6.45, 7) is 1.63. The van der Waals surface area contributed by atoms with Gasteiger partial charge < -0.3 is 5.32 Å². The topological polar surface area (TPSA) is 57.8 Å². The Morgan fingerprint density at radius 3 is 2.65 bits per heavy atom. The number of aryl methyl sites for hydroxylation is 1. The first-order chi connectivity index (χ1) is 9.29. The summed E-state index contributed by atoms with van der Waals surface area (Å²) in [7, 11) is 0. The van der Waals surface area contributed by atoms with Crippen LogP contribution in [0.1, 0.15) is 21.6 Å². The minimum atomic E-state index is -4.58. The van der Waals surface area contributed by atoms with Crippen molar-refractivity contribution in [2.24, 2.45) is 0 Å². The van der Waals surface area contributed by atoms with Gasteiger partial charge in [0, 0.05) is 11.4 Å². The molecule has 0 aliphatic heterocycles. The number of anilines is 1. The van der Waals surface area contributed by atoms with E-state index in [0.717, 1.165) is 12.1 Å². The lowest BCUT2D eigenvalue weighted by atomic mass is 10.1. The van der Waals surface area contributed by atoms with Crippen molar-refractivity contribution < 1.29 is 18.0 Å². The molecule has 4 nitrogen and oxygen atoms in total. The van der Waals surface area contributed by atoms with E-state index in [4.69, 9.17) is 11.6 Å². The molecule has 2 N–H and O–H groups in total. The highest BCUT2D eigenvalue weighted by Crippen LogP contribution is 2.36. The summed E-state index contributed by atoms with van der Waals surface area (Å²) in [4.78, 5) is 11.9. The number of nitrogens with one attached hydrogen (secondary N) is 2. The number of rotatable bonds is 2. The zero-order chi connectivity index (χ0) is 14.9. The molecule has 0 fully saturated rings. The van der Waals surface area contributed by atoms with Crippen LogP contribution in [0.5, 0.6) is 0 Å². The molecule has 106 valence electrons. The number of benzene rings is 1. The van der Waals surface area contributed by atoms with Gasteiger partial charge in [-0.05, 0) is 25.1 Å². The average Bonchev–Trinajstić information content (AvgIpc) is 2.76. The number of halogens is 4. The third kappa shape index (κ3) is 2.93. The molecule has 1 aromatic carbocycles. The van der Waals surface area contributed by atoms with E-state index in [-0.39, 0.29) is 11.3 Å². The minimum Gasteiger partial charge on any atom is -0.322 e. The lowest BCUT2D eigenvalue weighted by Crippen LogP contribution is -2.13. The normalized spacial score (nSPS) is 11.4. The molecule has 2 rings (SSSR count). The Balaban J connectivity index is 2.27. The first-order valence-electron chi connectivity index (χ1n) is 5.47. The van der Waals surface area contributed by atoms with Crippen LogP contribution in [0, 0.1) is 6.92 Å². The van der Waals surface area contributed by atoms with E-state index in [1.165, 1.54) is 12.3 Å². The zero-order valence-corrected chi connectivity index (χ0v) is 10.9. The molecular formula is C12H9ClF3N3O. The molecule has 0 aliphatic rings. The summed E-state index contributed by atoms with van der Waals surface area (Å²) in [5.74, 6) is -0.549. The van der Waals surface area contributed by atoms with E-state index in [0.29, 0.717) is 5.69 Å². The number of nitrogens with zero attached hydrogens (tertiary/aromatic N) is 1. The molecule has 1 amide bonds. The molecule has 0 unspecified atom stereocenters. The number of hydrogen-bond acceptors (Lipinski definition) is 2. The van der Waals surface area contributed by atoms with Crippen LogP contribution in [-0.4, -0.2) is 16.1 Å². The Bertz CT molecular complexity index is 652. The van der Waals surface area contributed by atoms with Gasteiger partial charge in [-0.25, -0.2) is 0 Å². The Morgan fingerprint density at radius 2 is 2.10 bits per heavy atom. The van der Waals surface area contributed by atoms with Crippen LogP contribution >= 0.6 is 11.6 Å². The molecule has 8 heteroatoms. The molecule has 1 aromatic heterocycles. The van der Waals surface area contributed by atoms with Crippen molar-refractivity contribution in [1.82, 2.24) is 10.2 Å². The number of amides is 1. The summed E-state index contributed by atoms with van der Waals surface area (Å²) >= 11 is 5.49. The second kappa shape index (κ2) is 5.16. The molecule has 0 saturated heterocycles. The van der Waals surface area contributed by atoms with Crippen LogP contribution in [0.4, 0.5) is 18.9 Å².